The number of carbonyl (C=O) groups excluding carboxylic acids is 2. The standard InChI is InChI=1S/C11H21NO3/c1-8(2)6-7-12-9(13)10(14)15-11(3,4)5/h8H,6-7H2,1-5H3,(H,12,13). The van der Waals surface area contributed by atoms with Gasteiger partial charge in [0.1, 0.15) is 5.60 Å². The van der Waals surface area contributed by atoms with E-state index in [1.165, 1.54) is 0 Å². The first-order chi connectivity index (χ1) is 6.72. The maximum absolute atomic E-state index is 11.2. The Hall–Kier alpha value is -1.06. The minimum atomic E-state index is -0.814. The second-order valence-electron chi connectivity index (χ2n) is 4.94. The van der Waals surface area contributed by atoms with Crippen LogP contribution in [0.15, 0.2) is 0 Å². The zero-order valence-corrected chi connectivity index (χ0v) is 10.2. The maximum atomic E-state index is 11.2. The van der Waals surface area contributed by atoms with Gasteiger partial charge in [0.05, 0.1) is 0 Å². The summed E-state index contributed by atoms with van der Waals surface area (Å²) in [4.78, 5) is 22.4. The Kier molecular flexibility index (Phi) is 5.33. The van der Waals surface area contributed by atoms with Crippen molar-refractivity contribution in [1.82, 2.24) is 5.32 Å². The highest BCUT2D eigenvalue weighted by atomic mass is 16.6. The lowest BCUT2D eigenvalue weighted by atomic mass is 10.1. The second-order valence-corrected chi connectivity index (χ2v) is 4.94. The van der Waals surface area contributed by atoms with Crippen molar-refractivity contribution in [2.24, 2.45) is 5.92 Å². The van der Waals surface area contributed by atoms with Gasteiger partial charge < -0.3 is 10.1 Å². The number of ether oxygens (including phenoxy) is 1. The first-order valence-corrected chi connectivity index (χ1v) is 5.23. The summed E-state index contributed by atoms with van der Waals surface area (Å²) in [6.45, 7) is 9.81. The van der Waals surface area contributed by atoms with Crippen LogP contribution in [0.5, 0.6) is 0 Å². The minimum Gasteiger partial charge on any atom is -0.453 e. The Bertz CT molecular complexity index is 228. The SMILES string of the molecule is CC(C)CCNC(=O)C(=O)OC(C)(C)C. The molecule has 0 aliphatic rings. The fourth-order valence-corrected chi connectivity index (χ4v) is 0.871. The van der Waals surface area contributed by atoms with Crippen molar-refractivity contribution in [3.8, 4) is 0 Å². The van der Waals surface area contributed by atoms with Gasteiger partial charge in [-0.05, 0) is 33.1 Å². The van der Waals surface area contributed by atoms with Gasteiger partial charge in [0, 0.05) is 6.54 Å². The molecule has 0 bridgehead atoms. The van der Waals surface area contributed by atoms with Crippen molar-refractivity contribution in [2.45, 2.75) is 46.6 Å². The number of nitrogens with one attached hydrogen (secondary N) is 1. The zero-order valence-electron chi connectivity index (χ0n) is 10.2. The fourth-order valence-electron chi connectivity index (χ4n) is 0.871. The van der Waals surface area contributed by atoms with Crippen LogP contribution >= 0.6 is 0 Å². The van der Waals surface area contributed by atoms with Crippen LogP contribution in [0.2, 0.25) is 0 Å². The molecular weight excluding hydrogens is 194 g/mol. The monoisotopic (exact) mass is 215 g/mol. The molecule has 0 fully saturated rings. The summed E-state index contributed by atoms with van der Waals surface area (Å²) in [7, 11) is 0. The average Bonchev–Trinajstić information content (AvgIpc) is 1.99. The molecular formula is C11H21NO3. The molecule has 1 N–H and O–H groups in total. The van der Waals surface area contributed by atoms with Gasteiger partial charge in [-0.3, -0.25) is 4.79 Å². The van der Waals surface area contributed by atoms with Gasteiger partial charge in [-0.25, -0.2) is 4.79 Å². The topological polar surface area (TPSA) is 55.4 Å². The molecule has 0 aromatic carbocycles. The second kappa shape index (κ2) is 5.73. The Morgan fingerprint density at radius 1 is 1.27 bits per heavy atom. The Morgan fingerprint density at radius 3 is 2.20 bits per heavy atom. The normalized spacial score (nSPS) is 11.3. The smallest absolute Gasteiger partial charge is 0.397 e. The zero-order chi connectivity index (χ0) is 12.1. The first-order valence-electron chi connectivity index (χ1n) is 5.23. The van der Waals surface area contributed by atoms with Gasteiger partial charge in [0.25, 0.3) is 0 Å². The maximum Gasteiger partial charge on any atom is 0.397 e. The number of esters is 1. The highest BCUT2D eigenvalue weighted by Crippen LogP contribution is 2.06. The molecule has 0 aromatic rings. The lowest BCUT2D eigenvalue weighted by molar-refractivity contribution is -0.163. The molecule has 0 aromatic heterocycles. The number of carbonyl (C=O) groups is 2. The summed E-state index contributed by atoms with van der Waals surface area (Å²) in [6.07, 6.45) is 0.856. The third-order valence-corrected chi connectivity index (χ3v) is 1.59. The first kappa shape index (κ1) is 13.9. The fraction of sp³-hybridized carbons (Fsp3) is 0.818. The van der Waals surface area contributed by atoms with Crippen molar-refractivity contribution in [1.29, 1.82) is 0 Å². The van der Waals surface area contributed by atoms with E-state index in [0.717, 1.165) is 6.42 Å². The van der Waals surface area contributed by atoms with E-state index in [-0.39, 0.29) is 0 Å². The number of hydrogen-bond acceptors (Lipinski definition) is 3. The van der Waals surface area contributed by atoms with Crippen LogP contribution in [0, 0.1) is 5.92 Å². The van der Waals surface area contributed by atoms with Gasteiger partial charge in [-0.2, -0.15) is 0 Å². The molecule has 0 saturated carbocycles. The molecule has 0 atom stereocenters. The summed E-state index contributed by atoms with van der Waals surface area (Å²) in [6, 6.07) is 0. The van der Waals surface area contributed by atoms with E-state index in [1.807, 2.05) is 0 Å². The van der Waals surface area contributed by atoms with Crippen molar-refractivity contribution >= 4 is 11.9 Å². The van der Waals surface area contributed by atoms with Crippen molar-refractivity contribution < 1.29 is 14.3 Å². The lowest BCUT2D eigenvalue weighted by Gasteiger charge is -2.18. The molecule has 0 aliphatic carbocycles. The predicted molar refractivity (Wildman–Crippen MR) is 58.3 cm³/mol. The van der Waals surface area contributed by atoms with E-state index >= 15 is 0 Å². The molecule has 4 nitrogen and oxygen atoms in total. The Morgan fingerprint density at radius 2 is 1.80 bits per heavy atom. The molecule has 4 heteroatoms. The molecule has 88 valence electrons. The van der Waals surface area contributed by atoms with Gasteiger partial charge in [-0.15, -0.1) is 0 Å². The number of amides is 1. The molecule has 0 unspecified atom stereocenters. The van der Waals surface area contributed by atoms with Gasteiger partial charge in [-0.1, -0.05) is 13.8 Å². The van der Waals surface area contributed by atoms with Crippen LogP contribution in [0.3, 0.4) is 0 Å². The minimum absolute atomic E-state index is 0.504. The Labute approximate surface area is 91.4 Å². The molecule has 0 aliphatic heterocycles. The lowest BCUT2D eigenvalue weighted by Crippen LogP contribution is -2.37. The molecule has 0 radical (unpaired) electrons. The molecule has 1 amide bonds. The van der Waals surface area contributed by atoms with Crippen molar-refractivity contribution in [3.63, 3.8) is 0 Å². The van der Waals surface area contributed by atoms with E-state index in [4.69, 9.17) is 4.74 Å². The quantitative estimate of drug-likeness (QED) is 0.573. The van der Waals surface area contributed by atoms with Gasteiger partial charge in [0.15, 0.2) is 0 Å². The molecule has 0 spiro atoms. The highest BCUT2D eigenvalue weighted by molar-refractivity contribution is 6.32. The highest BCUT2D eigenvalue weighted by Gasteiger charge is 2.22. The summed E-state index contributed by atoms with van der Waals surface area (Å²) < 4.78 is 4.91. The number of rotatable bonds is 3. The summed E-state index contributed by atoms with van der Waals surface area (Å²) in [5.74, 6) is -0.972. The van der Waals surface area contributed by atoms with Gasteiger partial charge in [0.2, 0.25) is 0 Å². The van der Waals surface area contributed by atoms with Crippen LogP contribution in [0.25, 0.3) is 0 Å². The molecule has 15 heavy (non-hydrogen) atoms. The average molecular weight is 215 g/mol. The predicted octanol–water partition coefficient (Wildman–Crippen LogP) is 1.49. The third-order valence-electron chi connectivity index (χ3n) is 1.59. The van der Waals surface area contributed by atoms with Gasteiger partial charge >= 0.3 is 11.9 Å². The van der Waals surface area contributed by atoms with E-state index in [1.54, 1.807) is 20.8 Å². The van der Waals surface area contributed by atoms with E-state index in [0.29, 0.717) is 12.5 Å². The third kappa shape index (κ3) is 7.97. The van der Waals surface area contributed by atoms with Crippen molar-refractivity contribution in [3.05, 3.63) is 0 Å². The van der Waals surface area contributed by atoms with Crippen LogP contribution in [-0.2, 0) is 14.3 Å². The summed E-state index contributed by atoms with van der Waals surface area (Å²) in [5, 5.41) is 2.52. The molecule has 0 saturated heterocycles. The van der Waals surface area contributed by atoms with Crippen LogP contribution in [0.1, 0.15) is 41.0 Å². The molecule has 0 heterocycles. The van der Waals surface area contributed by atoms with E-state index < -0.39 is 17.5 Å². The van der Waals surface area contributed by atoms with Crippen molar-refractivity contribution in [2.75, 3.05) is 6.54 Å². The van der Waals surface area contributed by atoms with Crippen LogP contribution < -0.4 is 5.32 Å². The Balaban J connectivity index is 3.86. The molecule has 0 rings (SSSR count). The largest absolute Gasteiger partial charge is 0.453 e. The van der Waals surface area contributed by atoms with E-state index in [2.05, 4.69) is 19.2 Å². The van der Waals surface area contributed by atoms with E-state index in [9.17, 15) is 9.59 Å². The number of hydrogen-bond donors (Lipinski definition) is 1. The summed E-state index contributed by atoms with van der Waals surface area (Å²) >= 11 is 0. The van der Waals surface area contributed by atoms with Crippen LogP contribution in [0.4, 0.5) is 0 Å². The summed E-state index contributed by atoms with van der Waals surface area (Å²) in [5.41, 5.74) is -0.619. The van der Waals surface area contributed by atoms with Crippen LogP contribution in [-0.4, -0.2) is 24.0 Å².